The minimum atomic E-state index is -1.34. The van der Waals surface area contributed by atoms with Crippen LogP contribution in [0.2, 0.25) is 0 Å². The van der Waals surface area contributed by atoms with Gasteiger partial charge in [-0.05, 0) is 42.5 Å². The quantitative estimate of drug-likeness (QED) is 0.791. The van der Waals surface area contributed by atoms with Gasteiger partial charge in [0.15, 0.2) is 5.43 Å². The Morgan fingerprint density at radius 2 is 1.59 bits per heavy atom. The topological polar surface area (TPSA) is 59.3 Å². The van der Waals surface area contributed by atoms with Crippen LogP contribution in [0.15, 0.2) is 53.3 Å². The lowest BCUT2D eigenvalue weighted by Crippen LogP contribution is -2.17. The molecular weight excluding hydrogens is 292 g/mol. The molecule has 4 nitrogen and oxygen atoms in total. The van der Waals surface area contributed by atoms with Crippen LogP contribution in [-0.4, -0.2) is 15.6 Å². The number of pyridine rings is 1. The Hall–Kier alpha value is -3.02. The summed E-state index contributed by atoms with van der Waals surface area (Å²) < 4.78 is 27.8. The van der Waals surface area contributed by atoms with Gasteiger partial charge in [0.2, 0.25) is 0 Å². The second-order valence-electron chi connectivity index (χ2n) is 4.67. The van der Waals surface area contributed by atoms with Crippen molar-refractivity contribution in [2.45, 2.75) is 0 Å². The second kappa shape index (κ2) is 5.07. The fourth-order valence-electron chi connectivity index (χ4n) is 2.32. The normalized spacial score (nSPS) is 10.8. The highest BCUT2D eigenvalue weighted by atomic mass is 19.1. The first kappa shape index (κ1) is 13.9. The zero-order chi connectivity index (χ0) is 15.9. The lowest BCUT2D eigenvalue weighted by Gasteiger charge is -2.14. The third-order valence-corrected chi connectivity index (χ3v) is 3.28. The van der Waals surface area contributed by atoms with E-state index >= 15 is 0 Å². The molecule has 1 heterocycles. The number of carboxylic acid groups (broad SMARTS) is 1. The van der Waals surface area contributed by atoms with Crippen molar-refractivity contribution in [3.05, 3.63) is 76.1 Å². The average Bonchev–Trinajstić information content (AvgIpc) is 2.48. The first-order valence-electron chi connectivity index (χ1n) is 6.32. The molecule has 6 heteroatoms. The molecule has 0 saturated heterocycles. The van der Waals surface area contributed by atoms with Crippen LogP contribution in [0.5, 0.6) is 0 Å². The highest BCUT2D eigenvalue weighted by molar-refractivity contribution is 5.92. The summed E-state index contributed by atoms with van der Waals surface area (Å²) in [6, 6.07) is 9.48. The van der Waals surface area contributed by atoms with Gasteiger partial charge in [-0.2, -0.15) is 0 Å². The average molecular weight is 301 g/mol. The zero-order valence-electron chi connectivity index (χ0n) is 11.1. The number of hydrogen-bond acceptors (Lipinski definition) is 2. The summed E-state index contributed by atoms with van der Waals surface area (Å²) in [4.78, 5) is 23.4. The van der Waals surface area contributed by atoms with Gasteiger partial charge in [0.1, 0.15) is 17.3 Å². The lowest BCUT2D eigenvalue weighted by atomic mass is 10.1. The predicted octanol–water partition coefficient (Wildman–Crippen LogP) is 2.97. The molecule has 1 N–H and O–H groups in total. The molecule has 0 radical (unpaired) electrons. The van der Waals surface area contributed by atoms with E-state index in [0.29, 0.717) is 5.69 Å². The summed E-state index contributed by atoms with van der Waals surface area (Å²) in [5, 5.41) is 9.48. The smallest absolute Gasteiger partial charge is 0.353 e. The van der Waals surface area contributed by atoms with E-state index in [0.717, 1.165) is 30.3 Å². The van der Waals surface area contributed by atoms with E-state index in [1.165, 1.54) is 22.8 Å². The SMILES string of the molecule is O=C(O)c1cc(=O)c2ccc(F)cc2n1-c1ccc(F)cc1. The Morgan fingerprint density at radius 1 is 0.955 bits per heavy atom. The molecule has 0 spiro atoms. The molecule has 0 amide bonds. The van der Waals surface area contributed by atoms with Crippen LogP contribution in [0.4, 0.5) is 8.78 Å². The first-order valence-corrected chi connectivity index (χ1v) is 6.32. The lowest BCUT2D eigenvalue weighted by molar-refractivity contribution is 0.0688. The van der Waals surface area contributed by atoms with Crippen LogP contribution < -0.4 is 5.43 Å². The summed E-state index contributed by atoms with van der Waals surface area (Å²) in [6.07, 6.45) is 0. The molecule has 0 aliphatic heterocycles. The third kappa shape index (κ3) is 2.24. The third-order valence-electron chi connectivity index (χ3n) is 3.28. The fourth-order valence-corrected chi connectivity index (χ4v) is 2.32. The van der Waals surface area contributed by atoms with Crippen LogP contribution >= 0.6 is 0 Å². The molecule has 0 saturated carbocycles. The maximum absolute atomic E-state index is 13.5. The number of fused-ring (bicyclic) bond motifs is 1. The number of benzene rings is 2. The van der Waals surface area contributed by atoms with Gasteiger partial charge < -0.3 is 9.67 Å². The number of halogens is 2. The maximum atomic E-state index is 13.5. The van der Waals surface area contributed by atoms with Crippen LogP contribution in [0.1, 0.15) is 10.5 Å². The minimum absolute atomic E-state index is 0.108. The summed E-state index contributed by atoms with van der Waals surface area (Å²) in [6.45, 7) is 0. The summed E-state index contributed by atoms with van der Waals surface area (Å²) >= 11 is 0. The molecule has 2 aromatic carbocycles. The first-order chi connectivity index (χ1) is 10.5. The van der Waals surface area contributed by atoms with E-state index in [1.807, 2.05) is 0 Å². The van der Waals surface area contributed by atoms with Crippen molar-refractivity contribution in [1.29, 1.82) is 0 Å². The maximum Gasteiger partial charge on any atom is 0.353 e. The molecule has 0 atom stereocenters. The Labute approximate surface area is 122 Å². The van der Waals surface area contributed by atoms with Gasteiger partial charge >= 0.3 is 5.97 Å². The monoisotopic (exact) mass is 301 g/mol. The van der Waals surface area contributed by atoms with Crippen molar-refractivity contribution >= 4 is 16.9 Å². The van der Waals surface area contributed by atoms with E-state index in [1.54, 1.807) is 0 Å². The van der Waals surface area contributed by atoms with Gasteiger partial charge in [-0.15, -0.1) is 0 Å². The molecule has 1 aromatic heterocycles. The largest absolute Gasteiger partial charge is 0.477 e. The van der Waals surface area contributed by atoms with E-state index in [9.17, 15) is 23.5 Å². The highest BCUT2D eigenvalue weighted by Crippen LogP contribution is 2.21. The van der Waals surface area contributed by atoms with Crippen molar-refractivity contribution in [1.82, 2.24) is 4.57 Å². The summed E-state index contributed by atoms with van der Waals surface area (Å²) in [5.41, 5.74) is -0.425. The predicted molar refractivity (Wildman–Crippen MR) is 76.4 cm³/mol. The van der Waals surface area contributed by atoms with Crippen LogP contribution in [-0.2, 0) is 0 Å². The van der Waals surface area contributed by atoms with Gasteiger partial charge in [-0.3, -0.25) is 4.79 Å². The number of aromatic carboxylic acids is 1. The van der Waals surface area contributed by atoms with Crippen LogP contribution in [0, 0.1) is 11.6 Å². The molecule has 3 aromatic rings. The standard InChI is InChI=1S/C16H9F2NO3/c17-9-1-4-11(5-2-9)19-13-7-10(18)3-6-12(13)15(20)8-14(19)16(21)22/h1-8H,(H,21,22). The number of rotatable bonds is 2. The van der Waals surface area contributed by atoms with Crippen LogP contribution in [0.3, 0.4) is 0 Å². The van der Waals surface area contributed by atoms with E-state index < -0.39 is 23.0 Å². The Bertz CT molecular complexity index is 946. The molecule has 0 aliphatic carbocycles. The zero-order valence-corrected chi connectivity index (χ0v) is 11.1. The van der Waals surface area contributed by atoms with Crippen molar-refractivity contribution < 1.29 is 18.7 Å². The molecule has 22 heavy (non-hydrogen) atoms. The van der Waals surface area contributed by atoms with Gasteiger partial charge in [0, 0.05) is 17.1 Å². The second-order valence-corrected chi connectivity index (χ2v) is 4.67. The Kier molecular flexibility index (Phi) is 3.21. The molecule has 0 fully saturated rings. The summed E-state index contributed by atoms with van der Waals surface area (Å²) in [7, 11) is 0. The minimum Gasteiger partial charge on any atom is -0.477 e. The Morgan fingerprint density at radius 3 is 2.23 bits per heavy atom. The van der Waals surface area contributed by atoms with E-state index in [-0.39, 0.29) is 16.6 Å². The molecule has 110 valence electrons. The number of hydrogen-bond donors (Lipinski definition) is 1. The van der Waals surface area contributed by atoms with E-state index in [2.05, 4.69) is 0 Å². The molecule has 3 rings (SSSR count). The fraction of sp³-hybridized carbons (Fsp3) is 0. The summed E-state index contributed by atoms with van der Waals surface area (Å²) in [5.74, 6) is -2.44. The van der Waals surface area contributed by atoms with Gasteiger partial charge in [-0.1, -0.05) is 0 Å². The number of nitrogens with zero attached hydrogens (tertiary/aromatic N) is 1. The van der Waals surface area contributed by atoms with Crippen molar-refractivity contribution in [2.24, 2.45) is 0 Å². The van der Waals surface area contributed by atoms with Crippen LogP contribution in [0.25, 0.3) is 16.6 Å². The van der Waals surface area contributed by atoms with Gasteiger partial charge in [-0.25, -0.2) is 13.6 Å². The molecule has 0 bridgehead atoms. The van der Waals surface area contributed by atoms with Crippen molar-refractivity contribution in [3.8, 4) is 5.69 Å². The van der Waals surface area contributed by atoms with E-state index in [4.69, 9.17) is 0 Å². The number of carboxylic acids is 1. The Balaban J connectivity index is 2.48. The van der Waals surface area contributed by atoms with Gasteiger partial charge in [0.25, 0.3) is 0 Å². The molecule has 0 aliphatic rings. The van der Waals surface area contributed by atoms with Gasteiger partial charge in [0.05, 0.1) is 5.52 Å². The number of carbonyl (C=O) groups is 1. The number of aromatic nitrogens is 1. The van der Waals surface area contributed by atoms with Crippen molar-refractivity contribution in [2.75, 3.05) is 0 Å². The highest BCUT2D eigenvalue weighted by Gasteiger charge is 2.16. The van der Waals surface area contributed by atoms with Crippen molar-refractivity contribution in [3.63, 3.8) is 0 Å². The molecular formula is C16H9F2NO3. The molecule has 0 unspecified atom stereocenters.